The van der Waals surface area contributed by atoms with Crippen LogP contribution in [0.4, 0.5) is 11.5 Å². The van der Waals surface area contributed by atoms with Gasteiger partial charge in [0, 0.05) is 63.1 Å². The minimum atomic E-state index is -0.299. The molecule has 8 rings (SSSR count). The van der Waals surface area contributed by atoms with Gasteiger partial charge in [-0.15, -0.1) is 10.2 Å². The fourth-order valence-corrected chi connectivity index (χ4v) is 9.24. The summed E-state index contributed by atoms with van der Waals surface area (Å²) in [6, 6.07) is 14.5. The van der Waals surface area contributed by atoms with E-state index in [-0.39, 0.29) is 17.7 Å². The molecule has 0 unspecified atom stereocenters. The number of imide groups is 1. The fraction of sp³-hybridized carbons (Fsp3) is 0.436. The molecule has 0 spiro atoms. The average molecular weight is 730 g/mol. The summed E-state index contributed by atoms with van der Waals surface area (Å²) >= 11 is 1.67. The van der Waals surface area contributed by atoms with E-state index in [0.29, 0.717) is 36.3 Å². The monoisotopic (exact) mass is 729 g/mol. The number of hydrogen-bond acceptors (Lipinski definition) is 12. The van der Waals surface area contributed by atoms with Crippen LogP contribution in [0.2, 0.25) is 0 Å². The molecule has 2 aliphatic heterocycles. The lowest BCUT2D eigenvalue weighted by Crippen LogP contribution is -2.42. The Morgan fingerprint density at radius 3 is 2.55 bits per heavy atom. The van der Waals surface area contributed by atoms with E-state index in [4.69, 9.17) is 9.97 Å². The molecular formula is C39H43N11O2S. The van der Waals surface area contributed by atoms with E-state index in [0.717, 1.165) is 108 Å². The number of carbonyl (C=O) groups excluding carboxylic acids is 2. The first-order valence-electron chi connectivity index (χ1n) is 18.5. The van der Waals surface area contributed by atoms with Crippen LogP contribution in [0.3, 0.4) is 0 Å². The van der Waals surface area contributed by atoms with Crippen LogP contribution in [-0.2, 0) is 9.59 Å². The summed E-state index contributed by atoms with van der Waals surface area (Å²) in [7, 11) is 4.20. The van der Waals surface area contributed by atoms with Gasteiger partial charge >= 0.3 is 0 Å². The number of hydrogen-bond donors (Lipinski definition) is 2. The predicted octanol–water partition coefficient (Wildman–Crippen LogP) is 5.62. The summed E-state index contributed by atoms with van der Waals surface area (Å²) in [5.74, 6) is 1.33. The molecule has 1 saturated carbocycles. The molecular weight excluding hydrogens is 687 g/mol. The number of carbonyl (C=O) groups is 2. The van der Waals surface area contributed by atoms with Gasteiger partial charge in [-0.25, -0.2) is 9.50 Å². The first-order valence-corrected chi connectivity index (χ1v) is 19.3. The van der Waals surface area contributed by atoms with Crippen molar-refractivity contribution in [3.63, 3.8) is 0 Å². The summed E-state index contributed by atoms with van der Waals surface area (Å²) in [5.41, 5.74) is 5.74. The molecule has 3 fully saturated rings. The van der Waals surface area contributed by atoms with Crippen LogP contribution < -0.4 is 15.5 Å². The number of rotatable bonds is 9. The van der Waals surface area contributed by atoms with Crippen molar-refractivity contribution < 1.29 is 9.59 Å². The Morgan fingerprint density at radius 1 is 0.981 bits per heavy atom. The molecule has 14 heteroatoms. The van der Waals surface area contributed by atoms with Crippen LogP contribution in [0.25, 0.3) is 27.5 Å². The van der Waals surface area contributed by atoms with Crippen LogP contribution in [0, 0.1) is 17.2 Å². The standard InChI is InChI=1S/C39H43N11O2S/c1-41-32-18-33(34-10-8-29-17-25(19-40)20-44-50(29)34)42-22-31(32)39-47-46-38(53-39)26-3-6-28(7-4-26)48(2)23-24-13-15-49(16-14-24)35-11-5-27(21-43-35)30-9-12-36(51)45-37(30)52/h5,8,10-11,17-18,20-22,24,26,28,30H,3-4,6-7,9,12-16,23H2,1-2H3,(H,41,42)(H,45,51,52)/t26?,28?,30-/m0/s1. The predicted molar refractivity (Wildman–Crippen MR) is 204 cm³/mol. The molecule has 1 atom stereocenters. The van der Waals surface area contributed by atoms with Crippen molar-refractivity contribution >= 4 is 40.2 Å². The molecule has 0 radical (unpaired) electrons. The van der Waals surface area contributed by atoms with Gasteiger partial charge in [0.15, 0.2) is 5.01 Å². The van der Waals surface area contributed by atoms with Crippen LogP contribution in [-0.4, -0.2) is 86.3 Å². The third-order valence-electron chi connectivity index (χ3n) is 11.3. The maximum atomic E-state index is 12.3. The Morgan fingerprint density at radius 2 is 1.81 bits per heavy atom. The second-order valence-electron chi connectivity index (χ2n) is 14.6. The van der Waals surface area contributed by atoms with Crippen molar-refractivity contribution in [3.05, 3.63) is 71.1 Å². The second-order valence-corrected chi connectivity index (χ2v) is 15.6. The molecule has 53 heavy (non-hydrogen) atoms. The minimum absolute atomic E-state index is 0.194. The zero-order valence-corrected chi connectivity index (χ0v) is 30.8. The Balaban J connectivity index is 0.825. The number of nitrogens with one attached hydrogen (secondary N) is 2. The van der Waals surface area contributed by atoms with Crippen molar-refractivity contribution in [1.82, 2.24) is 40.0 Å². The molecule has 2 saturated heterocycles. The highest BCUT2D eigenvalue weighted by atomic mass is 32.1. The Hall–Kier alpha value is -5.26. The van der Waals surface area contributed by atoms with E-state index in [1.807, 2.05) is 49.6 Å². The van der Waals surface area contributed by atoms with E-state index in [1.165, 1.54) is 0 Å². The molecule has 272 valence electrons. The summed E-state index contributed by atoms with van der Waals surface area (Å²) < 4.78 is 1.80. The first-order chi connectivity index (χ1) is 25.9. The Bertz CT molecular complexity index is 2160. The van der Waals surface area contributed by atoms with Gasteiger partial charge in [-0.3, -0.25) is 19.9 Å². The number of nitriles is 1. The summed E-state index contributed by atoms with van der Waals surface area (Å²) in [6.07, 6.45) is 13.0. The van der Waals surface area contributed by atoms with Gasteiger partial charge in [0.25, 0.3) is 0 Å². The third-order valence-corrected chi connectivity index (χ3v) is 12.4. The van der Waals surface area contributed by atoms with Gasteiger partial charge in [0.2, 0.25) is 11.8 Å². The van der Waals surface area contributed by atoms with Crippen molar-refractivity contribution in [3.8, 4) is 28.0 Å². The van der Waals surface area contributed by atoms with Crippen LogP contribution in [0.5, 0.6) is 0 Å². The molecule has 5 aromatic heterocycles. The maximum Gasteiger partial charge on any atom is 0.234 e. The Labute approximate surface area is 312 Å². The zero-order valence-electron chi connectivity index (χ0n) is 30.0. The molecule has 0 bridgehead atoms. The van der Waals surface area contributed by atoms with E-state index in [2.05, 4.69) is 48.8 Å². The smallest absolute Gasteiger partial charge is 0.234 e. The van der Waals surface area contributed by atoms with Gasteiger partial charge in [-0.1, -0.05) is 17.4 Å². The number of piperidine rings is 2. The lowest BCUT2D eigenvalue weighted by atomic mass is 9.85. The quantitative estimate of drug-likeness (QED) is 0.182. The van der Waals surface area contributed by atoms with E-state index in [1.54, 1.807) is 28.2 Å². The van der Waals surface area contributed by atoms with Crippen molar-refractivity contribution in [1.29, 1.82) is 5.26 Å². The van der Waals surface area contributed by atoms with Gasteiger partial charge in [0.05, 0.1) is 40.1 Å². The molecule has 1 aliphatic carbocycles. The van der Waals surface area contributed by atoms with Gasteiger partial charge in [-0.05, 0) is 93.8 Å². The normalized spacial score (nSPS) is 21.2. The summed E-state index contributed by atoms with van der Waals surface area (Å²) in [4.78, 5) is 38.2. The minimum Gasteiger partial charge on any atom is -0.387 e. The van der Waals surface area contributed by atoms with Crippen molar-refractivity contribution in [2.45, 2.75) is 69.2 Å². The lowest BCUT2D eigenvalue weighted by Gasteiger charge is -2.38. The lowest BCUT2D eigenvalue weighted by molar-refractivity contribution is -0.134. The SMILES string of the molecule is CNc1cc(-c2ccc3cc(C#N)cnn23)ncc1-c1nnc(C2CCC(N(C)CC3CCN(c4ccc([C@@H]5CCC(=O)NC5=O)cn4)CC3)CC2)s1. The maximum absolute atomic E-state index is 12.3. The topological polar surface area (TPSA) is 157 Å². The largest absolute Gasteiger partial charge is 0.387 e. The molecule has 13 nitrogen and oxygen atoms in total. The number of pyridine rings is 2. The molecule has 7 heterocycles. The highest BCUT2D eigenvalue weighted by Gasteiger charge is 2.31. The zero-order chi connectivity index (χ0) is 36.5. The number of anilines is 2. The number of amides is 2. The highest BCUT2D eigenvalue weighted by Crippen LogP contribution is 2.40. The van der Waals surface area contributed by atoms with Gasteiger partial charge in [0.1, 0.15) is 16.9 Å². The summed E-state index contributed by atoms with van der Waals surface area (Å²) in [6.45, 7) is 3.07. The van der Waals surface area contributed by atoms with E-state index < -0.39 is 0 Å². The van der Waals surface area contributed by atoms with Crippen molar-refractivity contribution in [2.24, 2.45) is 5.92 Å². The molecule has 2 N–H and O–H groups in total. The highest BCUT2D eigenvalue weighted by molar-refractivity contribution is 7.14. The van der Waals surface area contributed by atoms with Crippen molar-refractivity contribution in [2.75, 3.05) is 43.9 Å². The first kappa shape index (κ1) is 34.8. The van der Waals surface area contributed by atoms with Gasteiger partial charge < -0.3 is 15.1 Å². The van der Waals surface area contributed by atoms with Crippen LogP contribution in [0.1, 0.15) is 79.3 Å². The molecule has 0 aromatic carbocycles. The molecule has 2 amide bonds. The number of nitrogens with zero attached hydrogens (tertiary/aromatic N) is 9. The summed E-state index contributed by atoms with van der Waals surface area (Å²) in [5, 5.41) is 30.7. The number of fused-ring (bicyclic) bond motifs is 1. The van der Waals surface area contributed by atoms with Crippen LogP contribution in [0.15, 0.2) is 55.0 Å². The van der Waals surface area contributed by atoms with Gasteiger partial charge in [-0.2, -0.15) is 10.4 Å². The second kappa shape index (κ2) is 15.0. The van der Waals surface area contributed by atoms with Crippen LogP contribution >= 0.6 is 11.3 Å². The molecule has 3 aliphatic rings. The Kier molecular flexibility index (Phi) is 9.85. The fourth-order valence-electron chi connectivity index (χ4n) is 8.20. The third kappa shape index (κ3) is 7.23. The number of aromatic nitrogens is 6. The van der Waals surface area contributed by atoms with E-state index >= 15 is 0 Å². The average Bonchev–Trinajstić information content (AvgIpc) is 3.86. The molecule has 5 aromatic rings. The van der Waals surface area contributed by atoms with E-state index in [9.17, 15) is 14.9 Å².